The minimum absolute atomic E-state index is 0.00990. The summed E-state index contributed by atoms with van der Waals surface area (Å²) in [6, 6.07) is 6.58. The molecule has 1 fully saturated rings. The van der Waals surface area contributed by atoms with Crippen molar-refractivity contribution in [1.82, 2.24) is 19.6 Å². The Morgan fingerprint density at radius 2 is 1.52 bits per heavy atom. The van der Waals surface area contributed by atoms with Crippen molar-refractivity contribution in [3.63, 3.8) is 0 Å². The van der Waals surface area contributed by atoms with Crippen LogP contribution in [0.1, 0.15) is 5.56 Å². The van der Waals surface area contributed by atoms with Gasteiger partial charge in [0.05, 0.1) is 11.5 Å². The van der Waals surface area contributed by atoms with E-state index in [1.54, 1.807) is 12.1 Å². The molecular weight excluding hydrogens is 374 g/mol. The van der Waals surface area contributed by atoms with Crippen LogP contribution in [0.15, 0.2) is 24.3 Å². The lowest BCUT2D eigenvalue weighted by atomic mass is 10.0. The fraction of sp³-hybridized carbons (Fsp3) is 0.650. The van der Waals surface area contributed by atoms with Gasteiger partial charge >= 0.3 is 5.97 Å². The van der Waals surface area contributed by atoms with E-state index in [0.29, 0.717) is 13.0 Å². The number of hydrogen-bond donors (Lipinski definition) is 1. The molecule has 1 aromatic carbocycles. The number of carboxylic acids is 1. The predicted molar refractivity (Wildman–Crippen MR) is 112 cm³/mol. The molecule has 162 valence electrons. The molecule has 1 atom stereocenters. The van der Waals surface area contributed by atoms with E-state index in [1.807, 2.05) is 4.90 Å². The van der Waals surface area contributed by atoms with E-state index in [1.165, 1.54) is 12.1 Å². The Balaban J connectivity index is 2.20. The molecule has 1 heterocycles. The van der Waals surface area contributed by atoms with Crippen LogP contribution in [-0.2, 0) is 11.2 Å². The number of benzene rings is 1. The lowest BCUT2D eigenvalue weighted by molar-refractivity contribution is -0.384. The first kappa shape index (κ1) is 23.2. The number of carbonyl (C=O) groups is 1. The van der Waals surface area contributed by atoms with E-state index in [0.717, 1.165) is 44.8 Å². The smallest absolute Gasteiger partial charge is 0.317 e. The first-order valence-electron chi connectivity index (χ1n) is 9.99. The highest BCUT2D eigenvalue weighted by atomic mass is 16.6. The predicted octanol–water partition coefficient (Wildman–Crippen LogP) is 0.702. The van der Waals surface area contributed by atoms with Crippen LogP contribution < -0.4 is 0 Å². The highest BCUT2D eigenvalue weighted by Crippen LogP contribution is 2.16. The Hall–Kier alpha value is -2.07. The molecule has 1 N–H and O–H groups in total. The van der Waals surface area contributed by atoms with Crippen molar-refractivity contribution >= 4 is 11.7 Å². The SMILES string of the molecule is CN1CCN(C)CCN(CC(=O)O)C(Cc2ccc([N+](=O)[O-])cc2)CN(C)CC1. The van der Waals surface area contributed by atoms with E-state index in [-0.39, 0.29) is 18.3 Å². The van der Waals surface area contributed by atoms with Gasteiger partial charge in [-0.05, 0) is 33.1 Å². The van der Waals surface area contributed by atoms with E-state index in [4.69, 9.17) is 0 Å². The highest BCUT2D eigenvalue weighted by molar-refractivity contribution is 5.69. The van der Waals surface area contributed by atoms with Crippen LogP contribution in [0.25, 0.3) is 0 Å². The van der Waals surface area contributed by atoms with E-state index < -0.39 is 10.9 Å². The fourth-order valence-corrected chi connectivity index (χ4v) is 3.56. The zero-order chi connectivity index (χ0) is 21.4. The number of nitro groups is 1. The van der Waals surface area contributed by atoms with Gasteiger partial charge in [0.1, 0.15) is 0 Å². The molecule has 0 saturated carbocycles. The zero-order valence-electron chi connectivity index (χ0n) is 17.7. The molecule has 0 amide bonds. The Morgan fingerprint density at radius 3 is 2.03 bits per heavy atom. The first-order chi connectivity index (χ1) is 13.7. The minimum Gasteiger partial charge on any atom is -0.480 e. The number of carboxylic acid groups (broad SMARTS) is 1. The van der Waals surface area contributed by atoms with Crippen LogP contribution in [0.5, 0.6) is 0 Å². The lowest BCUT2D eigenvalue weighted by Crippen LogP contribution is -2.50. The number of rotatable bonds is 5. The van der Waals surface area contributed by atoms with E-state index in [2.05, 4.69) is 35.8 Å². The summed E-state index contributed by atoms with van der Waals surface area (Å²) in [5.41, 5.74) is 1.04. The summed E-state index contributed by atoms with van der Waals surface area (Å²) in [5.74, 6) is -0.837. The Morgan fingerprint density at radius 1 is 1.00 bits per heavy atom. The molecule has 1 aliphatic rings. The summed E-state index contributed by atoms with van der Waals surface area (Å²) >= 11 is 0. The molecule has 9 heteroatoms. The average molecular weight is 408 g/mol. The number of hydrogen-bond acceptors (Lipinski definition) is 7. The Labute approximate surface area is 172 Å². The summed E-state index contributed by atoms with van der Waals surface area (Å²) in [5, 5.41) is 20.4. The summed E-state index contributed by atoms with van der Waals surface area (Å²) in [7, 11) is 6.25. The van der Waals surface area contributed by atoms with Gasteiger partial charge in [-0.1, -0.05) is 12.1 Å². The molecule has 2 rings (SSSR count). The summed E-state index contributed by atoms with van der Waals surface area (Å²) in [6.07, 6.45) is 0.648. The quantitative estimate of drug-likeness (QED) is 0.563. The van der Waals surface area contributed by atoms with Gasteiger partial charge < -0.3 is 19.8 Å². The molecule has 1 aliphatic heterocycles. The summed E-state index contributed by atoms with van der Waals surface area (Å²) < 4.78 is 0. The largest absolute Gasteiger partial charge is 0.480 e. The number of aliphatic carboxylic acids is 1. The van der Waals surface area contributed by atoms with Gasteiger partial charge in [0.15, 0.2) is 0 Å². The maximum atomic E-state index is 11.5. The van der Waals surface area contributed by atoms with Crippen molar-refractivity contribution in [2.24, 2.45) is 0 Å². The van der Waals surface area contributed by atoms with Crippen LogP contribution in [0.4, 0.5) is 5.69 Å². The number of likely N-dealkylation sites (N-methyl/N-ethyl adjacent to an activating group) is 3. The average Bonchev–Trinajstić information content (AvgIpc) is 2.66. The van der Waals surface area contributed by atoms with Crippen molar-refractivity contribution in [2.45, 2.75) is 12.5 Å². The molecule has 0 spiro atoms. The van der Waals surface area contributed by atoms with Crippen LogP contribution in [0, 0.1) is 10.1 Å². The summed E-state index contributed by atoms with van der Waals surface area (Å²) in [6.45, 7) is 5.95. The van der Waals surface area contributed by atoms with Crippen molar-refractivity contribution in [3.05, 3.63) is 39.9 Å². The minimum atomic E-state index is -0.837. The Kier molecular flexibility index (Phi) is 8.97. The molecular formula is C20H33N5O4. The molecule has 0 aliphatic carbocycles. The van der Waals surface area contributed by atoms with Crippen LogP contribution in [0.2, 0.25) is 0 Å². The molecule has 0 aromatic heterocycles. The third-order valence-corrected chi connectivity index (χ3v) is 5.49. The monoisotopic (exact) mass is 407 g/mol. The van der Waals surface area contributed by atoms with E-state index in [9.17, 15) is 20.0 Å². The van der Waals surface area contributed by atoms with Crippen LogP contribution in [0.3, 0.4) is 0 Å². The molecule has 0 bridgehead atoms. The third kappa shape index (κ3) is 8.06. The van der Waals surface area contributed by atoms with Crippen molar-refractivity contribution in [1.29, 1.82) is 0 Å². The second-order valence-electron chi connectivity index (χ2n) is 8.01. The van der Waals surface area contributed by atoms with Gasteiger partial charge in [-0.2, -0.15) is 0 Å². The Bertz CT molecular complexity index is 669. The zero-order valence-corrected chi connectivity index (χ0v) is 17.7. The maximum Gasteiger partial charge on any atom is 0.317 e. The lowest BCUT2D eigenvalue weighted by Gasteiger charge is -2.36. The third-order valence-electron chi connectivity index (χ3n) is 5.49. The topological polar surface area (TPSA) is 93.4 Å². The van der Waals surface area contributed by atoms with Gasteiger partial charge in [0.25, 0.3) is 5.69 Å². The van der Waals surface area contributed by atoms with Crippen molar-refractivity contribution in [3.8, 4) is 0 Å². The van der Waals surface area contributed by atoms with Gasteiger partial charge in [-0.15, -0.1) is 0 Å². The van der Waals surface area contributed by atoms with E-state index >= 15 is 0 Å². The second-order valence-corrected chi connectivity index (χ2v) is 8.01. The number of nitrogens with zero attached hydrogens (tertiary/aromatic N) is 5. The second kappa shape index (κ2) is 11.2. The van der Waals surface area contributed by atoms with Gasteiger partial charge in [0, 0.05) is 64.0 Å². The van der Waals surface area contributed by atoms with Gasteiger partial charge in [-0.3, -0.25) is 19.8 Å². The normalized spacial score (nSPS) is 22.0. The molecule has 1 saturated heterocycles. The van der Waals surface area contributed by atoms with Gasteiger partial charge in [-0.25, -0.2) is 0 Å². The molecule has 1 aromatic rings. The molecule has 9 nitrogen and oxygen atoms in total. The fourth-order valence-electron chi connectivity index (χ4n) is 3.56. The molecule has 29 heavy (non-hydrogen) atoms. The maximum absolute atomic E-state index is 11.5. The molecule has 1 unspecified atom stereocenters. The van der Waals surface area contributed by atoms with Crippen molar-refractivity contribution < 1.29 is 14.8 Å². The van der Waals surface area contributed by atoms with Crippen molar-refractivity contribution in [2.75, 3.05) is 73.5 Å². The first-order valence-corrected chi connectivity index (χ1v) is 9.99. The standard InChI is InChI=1S/C20H33N5O4/c1-21-8-9-22(2)12-13-24(16-20(26)27)19(15-23(3)11-10-21)14-17-4-6-18(7-5-17)25(28)29/h4-7,19H,8-16H2,1-3H3,(H,26,27). The summed E-state index contributed by atoms with van der Waals surface area (Å²) in [4.78, 5) is 30.8. The highest BCUT2D eigenvalue weighted by Gasteiger charge is 2.24. The van der Waals surface area contributed by atoms with Gasteiger partial charge in [0.2, 0.25) is 0 Å². The van der Waals surface area contributed by atoms with Crippen LogP contribution >= 0.6 is 0 Å². The van der Waals surface area contributed by atoms with Crippen LogP contribution in [-0.4, -0.2) is 115 Å². The number of non-ortho nitro benzene ring substituents is 1. The number of nitro benzene ring substituents is 1. The molecule has 0 radical (unpaired) electrons.